The van der Waals surface area contributed by atoms with E-state index in [1.807, 2.05) is 0 Å². The standard InChI is InChI=1S/C9H9ClO4S/c1-5-3-6(2)8(9(11)12)7(4-5)15(10,13)14/h3-4H,1-2H3,(H,11,12). The van der Waals surface area contributed by atoms with Crippen LogP contribution in [-0.4, -0.2) is 19.5 Å². The molecule has 6 heteroatoms. The molecule has 0 aliphatic carbocycles. The Morgan fingerprint density at radius 3 is 2.27 bits per heavy atom. The van der Waals surface area contributed by atoms with Crippen molar-refractivity contribution >= 4 is 25.7 Å². The molecule has 0 heterocycles. The summed E-state index contributed by atoms with van der Waals surface area (Å²) in [6.07, 6.45) is 0. The Kier molecular flexibility index (Phi) is 3.06. The lowest BCUT2D eigenvalue weighted by molar-refractivity contribution is 0.0692. The molecule has 0 unspecified atom stereocenters. The number of aryl methyl sites for hydroxylation is 2. The summed E-state index contributed by atoms with van der Waals surface area (Å²) >= 11 is 0. The van der Waals surface area contributed by atoms with E-state index in [0.717, 1.165) is 0 Å². The molecule has 0 amide bonds. The Morgan fingerprint density at radius 2 is 1.87 bits per heavy atom. The van der Waals surface area contributed by atoms with Crippen LogP contribution in [0.4, 0.5) is 0 Å². The van der Waals surface area contributed by atoms with E-state index in [1.165, 1.54) is 13.0 Å². The summed E-state index contributed by atoms with van der Waals surface area (Å²) in [5.41, 5.74) is 0.758. The maximum Gasteiger partial charge on any atom is 0.337 e. The molecule has 1 aromatic carbocycles. The smallest absolute Gasteiger partial charge is 0.337 e. The maximum absolute atomic E-state index is 11.2. The molecule has 0 aromatic heterocycles. The summed E-state index contributed by atoms with van der Waals surface area (Å²) in [5, 5.41) is 8.88. The van der Waals surface area contributed by atoms with Gasteiger partial charge in [0.25, 0.3) is 9.05 Å². The highest BCUT2D eigenvalue weighted by Crippen LogP contribution is 2.24. The van der Waals surface area contributed by atoms with Crippen LogP contribution in [0, 0.1) is 13.8 Å². The van der Waals surface area contributed by atoms with Crippen LogP contribution in [0.15, 0.2) is 17.0 Å². The van der Waals surface area contributed by atoms with E-state index in [4.69, 9.17) is 15.8 Å². The molecule has 0 radical (unpaired) electrons. The average Bonchev–Trinajstić information content (AvgIpc) is 1.99. The number of hydrogen-bond acceptors (Lipinski definition) is 3. The number of carboxylic acid groups (broad SMARTS) is 1. The third-order valence-electron chi connectivity index (χ3n) is 1.92. The fourth-order valence-electron chi connectivity index (χ4n) is 1.39. The third kappa shape index (κ3) is 2.49. The molecule has 1 N–H and O–H groups in total. The number of hydrogen-bond donors (Lipinski definition) is 1. The fourth-order valence-corrected chi connectivity index (χ4v) is 2.58. The van der Waals surface area contributed by atoms with Crippen molar-refractivity contribution in [2.24, 2.45) is 0 Å². The summed E-state index contributed by atoms with van der Waals surface area (Å²) < 4.78 is 22.3. The second-order valence-corrected chi connectivity index (χ2v) is 5.73. The fraction of sp³-hybridized carbons (Fsp3) is 0.222. The number of halogens is 1. The van der Waals surface area contributed by atoms with E-state index < -0.39 is 15.0 Å². The minimum atomic E-state index is -4.03. The molecule has 0 saturated carbocycles. The lowest BCUT2D eigenvalue weighted by Crippen LogP contribution is -2.08. The lowest BCUT2D eigenvalue weighted by atomic mass is 10.1. The Bertz CT molecular complexity index is 519. The summed E-state index contributed by atoms with van der Waals surface area (Å²) in [6, 6.07) is 2.84. The minimum Gasteiger partial charge on any atom is -0.478 e. The zero-order chi connectivity index (χ0) is 11.8. The second kappa shape index (κ2) is 3.83. The van der Waals surface area contributed by atoms with Gasteiger partial charge in [0.15, 0.2) is 0 Å². The van der Waals surface area contributed by atoms with Crippen molar-refractivity contribution in [3.8, 4) is 0 Å². The zero-order valence-corrected chi connectivity index (χ0v) is 9.69. The summed E-state index contributed by atoms with van der Waals surface area (Å²) in [5.74, 6) is -1.30. The highest BCUT2D eigenvalue weighted by molar-refractivity contribution is 8.13. The first-order valence-electron chi connectivity index (χ1n) is 4.02. The normalized spacial score (nSPS) is 11.4. The van der Waals surface area contributed by atoms with Gasteiger partial charge in [0, 0.05) is 10.7 Å². The van der Waals surface area contributed by atoms with E-state index in [0.29, 0.717) is 11.1 Å². The van der Waals surface area contributed by atoms with Gasteiger partial charge in [0.1, 0.15) is 0 Å². The van der Waals surface area contributed by atoms with E-state index in [1.54, 1.807) is 13.0 Å². The quantitative estimate of drug-likeness (QED) is 0.812. The first-order valence-corrected chi connectivity index (χ1v) is 6.33. The predicted octanol–water partition coefficient (Wildman–Crippen LogP) is 1.93. The molecule has 1 aromatic rings. The predicted molar refractivity (Wildman–Crippen MR) is 55.9 cm³/mol. The van der Waals surface area contributed by atoms with Gasteiger partial charge in [-0.25, -0.2) is 13.2 Å². The van der Waals surface area contributed by atoms with Gasteiger partial charge in [-0.15, -0.1) is 0 Å². The largest absolute Gasteiger partial charge is 0.478 e. The molecule has 0 fully saturated rings. The van der Waals surface area contributed by atoms with Gasteiger partial charge in [0.2, 0.25) is 0 Å². The van der Waals surface area contributed by atoms with Crippen molar-refractivity contribution in [2.45, 2.75) is 18.7 Å². The van der Waals surface area contributed by atoms with Crippen LogP contribution >= 0.6 is 10.7 Å². The van der Waals surface area contributed by atoms with Gasteiger partial charge in [0.05, 0.1) is 10.5 Å². The molecule has 0 aliphatic heterocycles. The molecule has 0 atom stereocenters. The Morgan fingerprint density at radius 1 is 1.33 bits per heavy atom. The van der Waals surface area contributed by atoms with Gasteiger partial charge in [-0.05, 0) is 31.0 Å². The molecular formula is C9H9ClO4S. The maximum atomic E-state index is 11.2. The average molecular weight is 249 g/mol. The van der Waals surface area contributed by atoms with Gasteiger partial charge in [-0.1, -0.05) is 6.07 Å². The van der Waals surface area contributed by atoms with Gasteiger partial charge in [-0.3, -0.25) is 0 Å². The summed E-state index contributed by atoms with van der Waals surface area (Å²) in [4.78, 5) is 10.5. The molecule has 15 heavy (non-hydrogen) atoms. The summed E-state index contributed by atoms with van der Waals surface area (Å²) in [6.45, 7) is 3.20. The topological polar surface area (TPSA) is 71.4 Å². The van der Waals surface area contributed by atoms with Crippen molar-refractivity contribution in [2.75, 3.05) is 0 Å². The highest BCUT2D eigenvalue weighted by Gasteiger charge is 2.22. The highest BCUT2D eigenvalue weighted by atomic mass is 35.7. The summed E-state index contributed by atoms with van der Waals surface area (Å²) in [7, 11) is 1.13. The Hall–Kier alpha value is -1.07. The molecule has 4 nitrogen and oxygen atoms in total. The van der Waals surface area contributed by atoms with Crippen molar-refractivity contribution in [1.82, 2.24) is 0 Å². The van der Waals surface area contributed by atoms with Gasteiger partial charge in [-0.2, -0.15) is 0 Å². The van der Waals surface area contributed by atoms with Crippen LogP contribution in [0.25, 0.3) is 0 Å². The number of benzene rings is 1. The van der Waals surface area contributed by atoms with Crippen LogP contribution in [-0.2, 0) is 9.05 Å². The van der Waals surface area contributed by atoms with Crippen molar-refractivity contribution in [3.63, 3.8) is 0 Å². The van der Waals surface area contributed by atoms with Gasteiger partial charge >= 0.3 is 5.97 Å². The molecule has 1 rings (SSSR count). The SMILES string of the molecule is Cc1cc(C)c(C(=O)O)c(S(=O)(=O)Cl)c1. The molecule has 82 valence electrons. The molecule has 0 bridgehead atoms. The monoisotopic (exact) mass is 248 g/mol. The zero-order valence-electron chi connectivity index (χ0n) is 8.11. The molecule has 0 saturated heterocycles. The van der Waals surface area contributed by atoms with E-state index in [-0.39, 0.29) is 10.5 Å². The van der Waals surface area contributed by atoms with Crippen molar-refractivity contribution < 1.29 is 18.3 Å². The third-order valence-corrected chi connectivity index (χ3v) is 3.27. The van der Waals surface area contributed by atoms with Crippen molar-refractivity contribution in [3.05, 3.63) is 28.8 Å². The van der Waals surface area contributed by atoms with Gasteiger partial charge < -0.3 is 5.11 Å². The Balaban J connectivity index is 3.70. The number of rotatable bonds is 2. The van der Waals surface area contributed by atoms with Crippen LogP contribution in [0.5, 0.6) is 0 Å². The lowest BCUT2D eigenvalue weighted by Gasteiger charge is -2.07. The Labute approximate surface area is 91.9 Å². The molecule has 0 aliphatic rings. The van der Waals surface area contributed by atoms with Crippen LogP contribution < -0.4 is 0 Å². The van der Waals surface area contributed by atoms with Crippen molar-refractivity contribution in [1.29, 1.82) is 0 Å². The van der Waals surface area contributed by atoms with E-state index in [2.05, 4.69) is 0 Å². The first-order chi connectivity index (χ1) is 6.73. The minimum absolute atomic E-state index is 0.268. The van der Waals surface area contributed by atoms with Crippen LogP contribution in [0.3, 0.4) is 0 Å². The van der Waals surface area contributed by atoms with Crippen LogP contribution in [0.1, 0.15) is 21.5 Å². The number of carbonyl (C=O) groups is 1. The number of carboxylic acids is 1. The molecular weight excluding hydrogens is 240 g/mol. The van der Waals surface area contributed by atoms with E-state index >= 15 is 0 Å². The molecule has 0 spiro atoms. The number of aromatic carboxylic acids is 1. The van der Waals surface area contributed by atoms with Crippen LogP contribution in [0.2, 0.25) is 0 Å². The first kappa shape index (κ1) is 12.0. The van der Waals surface area contributed by atoms with E-state index in [9.17, 15) is 13.2 Å². The second-order valence-electron chi connectivity index (χ2n) is 3.20.